The van der Waals surface area contributed by atoms with E-state index < -0.39 is 23.2 Å². The zero-order valence-corrected chi connectivity index (χ0v) is 17.2. The van der Waals surface area contributed by atoms with Gasteiger partial charge in [-0.3, -0.25) is 4.79 Å². The van der Waals surface area contributed by atoms with E-state index in [9.17, 15) is 18.0 Å². The van der Waals surface area contributed by atoms with Crippen LogP contribution in [0.25, 0.3) is 0 Å². The first kappa shape index (κ1) is 22.0. The minimum Gasteiger partial charge on any atom is -0.383 e. The third-order valence-corrected chi connectivity index (χ3v) is 5.02. The molecule has 0 saturated carbocycles. The second kappa shape index (κ2) is 8.59. The molecule has 0 radical (unpaired) electrons. The van der Waals surface area contributed by atoms with Gasteiger partial charge in [0.2, 0.25) is 5.78 Å². The van der Waals surface area contributed by atoms with Crippen molar-refractivity contribution in [3.63, 3.8) is 0 Å². The number of carbonyl (C=O) groups excluding carboxylic acids is 1. The molecule has 9 heteroatoms. The van der Waals surface area contributed by atoms with Crippen molar-refractivity contribution in [2.45, 2.75) is 45.5 Å². The summed E-state index contributed by atoms with van der Waals surface area (Å²) in [5.74, 6) is -0.205. The van der Waals surface area contributed by atoms with Crippen LogP contribution in [-0.4, -0.2) is 40.9 Å². The molecule has 0 amide bonds. The molecule has 2 atom stereocenters. The van der Waals surface area contributed by atoms with E-state index in [0.717, 1.165) is 12.5 Å². The minimum absolute atomic E-state index is 0. The molecule has 1 fully saturated rings. The lowest BCUT2D eigenvalue weighted by Gasteiger charge is -2.39. The number of halogens is 3. The number of nitrogen functional groups attached to an aromatic ring is 1. The van der Waals surface area contributed by atoms with E-state index in [0.29, 0.717) is 24.8 Å². The van der Waals surface area contributed by atoms with Gasteiger partial charge in [0.25, 0.3) is 0 Å². The number of rotatable bonds is 5. The van der Waals surface area contributed by atoms with Gasteiger partial charge in [0.05, 0.1) is 11.1 Å². The van der Waals surface area contributed by atoms with E-state index in [2.05, 4.69) is 29.1 Å². The van der Waals surface area contributed by atoms with Gasteiger partial charge in [0, 0.05) is 35.6 Å². The molecule has 2 aromatic rings. The average Bonchev–Trinajstić information content (AvgIpc) is 2.65. The molecule has 6 nitrogen and oxygen atoms in total. The Kier molecular flexibility index (Phi) is 6.30. The maximum absolute atomic E-state index is 13.6. The monoisotopic (exact) mass is 427 g/mol. The number of nitrogens with two attached hydrogens (primary N) is 1. The van der Waals surface area contributed by atoms with Crippen LogP contribution in [0, 0.1) is 5.92 Å². The molecule has 1 aliphatic heterocycles. The molecule has 3 N–H and O–H groups in total. The van der Waals surface area contributed by atoms with Crippen molar-refractivity contribution in [3.05, 3.63) is 47.3 Å². The van der Waals surface area contributed by atoms with Crippen LogP contribution in [-0.2, 0) is 6.18 Å². The fraction of sp³-hybridized carbons (Fsp3) is 0.476. The second-order valence-electron chi connectivity index (χ2n) is 8.13. The first-order valence-electron chi connectivity index (χ1n) is 9.90. The number of nitrogens with zero attached hydrogens (tertiary/aromatic N) is 3. The Bertz CT molecular complexity index is 928. The lowest BCUT2D eigenvalue weighted by Crippen LogP contribution is -2.56. The molecule has 0 unspecified atom stereocenters. The summed E-state index contributed by atoms with van der Waals surface area (Å²) in [4.78, 5) is 22.8. The van der Waals surface area contributed by atoms with Gasteiger partial charge in [0.1, 0.15) is 17.3 Å². The number of carbonyl (C=O) groups is 1. The Hall–Kier alpha value is -2.68. The average molecular weight is 428 g/mol. The van der Waals surface area contributed by atoms with Gasteiger partial charge in [-0.2, -0.15) is 13.2 Å². The third-order valence-electron chi connectivity index (χ3n) is 5.02. The first-order chi connectivity index (χ1) is 14.1. The zero-order chi connectivity index (χ0) is 22.1. The number of hydrogen-bond acceptors (Lipinski definition) is 6. The van der Waals surface area contributed by atoms with Crippen LogP contribution >= 0.6 is 0 Å². The molecular weight excluding hydrogens is 395 g/mol. The van der Waals surface area contributed by atoms with Crippen molar-refractivity contribution in [2.24, 2.45) is 5.92 Å². The van der Waals surface area contributed by atoms with Crippen molar-refractivity contribution in [2.75, 3.05) is 23.7 Å². The number of anilines is 2. The van der Waals surface area contributed by atoms with E-state index in [-0.39, 0.29) is 27.7 Å². The lowest BCUT2D eigenvalue weighted by molar-refractivity contribution is -0.138. The van der Waals surface area contributed by atoms with Crippen LogP contribution in [0.2, 0.25) is 0 Å². The Labute approximate surface area is 178 Å². The Morgan fingerprint density at radius 2 is 2.07 bits per heavy atom. The minimum atomic E-state index is -4.72. The first-order valence-corrected chi connectivity index (χ1v) is 9.90. The predicted molar refractivity (Wildman–Crippen MR) is 116 cm³/mol. The van der Waals surface area contributed by atoms with E-state index in [4.69, 9.17) is 5.73 Å². The summed E-state index contributed by atoms with van der Waals surface area (Å²) in [6.45, 7) is 7.44. The van der Waals surface area contributed by atoms with Gasteiger partial charge < -0.3 is 16.0 Å². The number of aromatic nitrogens is 2. The van der Waals surface area contributed by atoms with Crippen LogP contribution in [0.15, 0.2) is 30.5 Å². The summed E-state index contributed by atoms with van der Waals surface area (Å²) in [5.41, 5.74) is 3.88. The van der Waals surface area contributed by atoms with E-state index in [1.165, 1.54) is 24.4 Å². The number of hydrogen-bond donors (Lipinski definition) is 2. The maximum Gasteiger partial charge on any atom is 0.418 e. The molecule has 1 aliphatic rings. The maximum atomic E-state index is 13.6. The highest BCUT2D eigenvalue weighted by Gasteiger charge is 2.38. The Balaban J connectivity index is 0.00000341. The highest BCUT2D eigenvalue weighted by molar-refractivity contribution is 6.11. The van der Waals surface area contributed by atoms with Crippen LogP contribution in [0.5, 0.6) is 0 Å². The topological polar surface area (TPSA) is 84.1 Å². The van der Waals surface area contributed by atoms with Gasteiger partial charge in [0.15, 0.2) is 0 Å². The van der Waals surface area contributed by atoms with Gasteiger partial charge >= 0.3 is 6.18 Å². The predicted octanol–water partition coefficient (Wildman–Crippen LogP) is 4.26. The fourth-order valence-corrected chi connectivity index (χ4v) is 3.84. The molecule has 168 valence electrons. The number of pyridine rings is 2. The summed E-state index contributed by atoms with van der Waals surface area (Å²) in [6, 6.07) is 5.38. The quantitative estimate of drug-likeness (QED) is 0.694. The molecule has 30 heavy (non-hydrogen) atoms. The number of nitrogens with one attached hydrogen (secondary N) is 1. The number of piperazine rings is 1. The van der Waals surface area contributed by atoms with Crippen molar-refractivity contribution in [3.8, 4) is 0 Å². The lowest BCUT2D eigenvalue weighted by atomic mass is 9.99. The number of ketones is 1. The molecule has 0 spiro atoms. The van der Waals surface area contributed by atoms with Gasteiger partial charge in [-0.05, 0) is 43.5 Å². The van der Waals surface area contributed by atoms with Crippen LogP contribution in [0.3, 0.4) is 0 Å². The van der Waals surface area contributed by atoms with E-state index in [1.54, 1.807) is 0 Å². The van der Waals surface area contributed by atoms with Crippen molar-refractivity contribution < 1.29 is 22.2 Å². The molecule has 2 aromatic heterocycles. The van der Waals surface area contributed by atoms with E-state index in [1.807, 2.05) is 11.8 Å². The van der Waals surface area contributed by atoms with Gasteiger partial charge in [-0.15, -0.1) is 0 Å². The molecule has 1 saturated heterocycles. The van der Waals surface area contributed by atoms with Crippen molar-refractivity contribution in [1.29, 1.82) is 0 Å². The fourth-order valence-electron chi connectivity index (χ4n) is 3.84. The van der Waals surface area contributed by atoms with Crippen LogP contribution < -0.4 is 16.0 Å². The molecule has 0 aliphatic carbocycles. The summed E-state index contributed by atoms with van der Waals surface area (Å²) < 4.78 is 40.8. The Morgan fingerprint density at radius 3 is 2.70 bits per heavy atom. The van der Waals surface area contributed by atoms with Crippen LogP contribution in [0.1, 0.15) is 53.1 Å². The molecule has 0 bridgehead atoms. The zero-order valence-electron chi connectivity index (χ0n) is 17.2. The highest BCUT2D eigenvalue weighted by Crippen LogP contribution is 2.34. The Morgan fingerprint density at radius 1 is 1.33 bits per heavy atom. The van der Waals surface area contributed by atoms with Gasteiger partial charge in [-0.25, -0.2) is 9.97 Å². The standard InChI is InChI=1S/C21H26F3N5O.3H2/c1-12(2)9-14-11-29(10-13(3)27-14)17-7-6-16(21(22,23)24)18(28-17)19(30)15-5-4-8-26-20(15)25;;;/h4-8,12-14,27H,9-11H2,1-3H3,(H2,25,26);3*1H/t13-,14-;;;/m0.../s1. The highest BCUT2D eigenvalue weighted by atomic mass is 19.4. The summed E-state index contributed by atoms with van der Waals surface area (Å²) in [6.07, 6.45) is -2.42. The van der Waals surface area contributed by atoms with Gasteiger partial charge in [-0.1, -0.05) is 13.8 Å². The smallest absolute Gasteiger partial charge is 0.383 e. The largest absolute Gasteiger partial charge is 0.418 e. The van der Waals surface area contributed by atoms with Crippen molar-refractivity contribution >= 4 is 17.4 Å². The van der Waals surface area contributed by atoms with Crippen LogP contribution in [0.4, 0.5) is 24.8 Å². The summed E-state index contributed by atoms with van der Waals surface area (Å²) in [5, 5.41) is 3.51. The molecule has 3 heterocycles. The normalized spacial score (nSPS) is 19.9. The molecule has 0 aromatic carbocycles. The third kappa shape index (κ3) is 4.89. The second-order valence-corrected chi connectivity index (χ2v) is 8.13. The van der Waals surface area contributed by atoms with E-state index >= 15 is 0 Å². The number of alkyl halides is 3. The molecular formula is C21H32F3N5O. The summed E-state index contributed by atoms with van der Waals surface area (Å²) in [7, 11) is 0. The molecule has 3 rings (SSSR count). The summed E-state index contributed by atoms with van der Waals surface area (Å²) >= 11 is 0. The SMILES string of the molecule is CC(C)C[C@H]1CN(c2ccc(C(F)(F)F)c(C(=O)c3cccnc3N)n2)C[C@H](C)N1.[HH].[HH].[HH]. The van der Waals surface area contributed by atoms with Crippen molar-refractivity contribution in [1.82, 2.24) is 15.3 Å².